The van der Waals surface area contributed by atoms with E-state index in [9.17, 15) is 4.39 Å². The zero-order valence-corrected chi connectivity index (χ0v) is 11.7. The number of halogens is 2. The van der Waals surface area contributed by atoms with Gasteiger partial charge in [-0.2, -0.15) is 0 Å². The lowest BCUT2D eigenvalue weighted by Crippen LogP contribution is -2.39. The number of benzene rings is 1. The van der Waals surface area contributed by atoms with E-state index < -0.39 is 0 Å². The Hall–Kier alpha value is -0.410. The summed E-state index contributed by atoms with van der Waals surface area (Å²) in [4.78, 5) is 0. The van der Waals surface area contributed by atoms with Crippen LogP contribution in [0.1, 0.15) is 31.4 Å². The molecular weight excluding hydrogens is 269 g/mol. The maximum atomic E-state index is 12.9. The van der Waals surface area contributed by atoms with Crippen LogP contribution in [0.25, 0.3) is 0 Å². The summed E-state index contributed by atoms with van der Waals surface area (Å²) in [5.74, 6) is -0.166. The van der Waals surface area contributed by atoms with Crippen LogP contribution in [-0.4, -0.2) is 10.9 Å². The summed E-state index contributed by atoms with van der Waals surface area (Å²) >= 11 is 3.45. The van der Waals surface area contributed by atoms with E-state index in [1.165, 1.54) is 6.07 Å². The van der Waals surface area contributed by atoms with Crippen LogP contribution in [-0.2, 0) is 6.54 Å². The maximum Gasteiger partial charge on any atom is 0.123 e. The van der Waals surface area contributed by atoms with Crippen molar-refractivity contribution in [2.45, 2.75) is 39.3 Å². The summed E-state index contributed by atoms with van der Waals surface area (Å²) in [6.07, 6.45) is 1.06. The second kappa shape index (κ2) is 5.78. The molecule has 0 saturated carbocycles. The first-order chi connectivity index (χ1) is 7.44. The average molecular weight is 288 g/mol. The third-order valence-corrected chi connectivity index (χ3v) is 3.18. The van der Waals surface area contributed by atoms with Crippen molar-refractivity contribution in [1.82, 2.24) is 5.32 Å². The van der Waals surface area contributed by atoms with Crippen LogP contribution >= 0.6 is 15.9 Å². The molecule has 3 heteroatoms. The van der Waals surface area contributed by atoms with E-state index in [0.29, 0.717) is 0 Å². The number of nitrogens with one attached hydrogen (secondary N) is 1. The first kappa shape index (κ1) is 13.7. The first-order valence-electron chi connectivity index (χ1n) is 5.50. The molecule has 16 heavy (non-hydrogen) atoms. The first-order valence-corrected chi connectivity index (χ1v) is 6.63. The molecule has 0 radical (unpaired) electrons. The van der Waals surface area contributed by atoms with Crippen LogP contribution < -0.4 is 5.32 Å². The average Bonchev–Trinajstić information content (AvgIpc) is 2.16. The lowest BCUT2D eigenvalue weighted by atomic mass is 10.0. The van der Waals surface area contributed by atoms with Crippen LogP contribution in [0.4, 0.5) is 4.39 Å². The summed E-state index contributed by atoms with van der Waals surface area (Å²) in [7, 11) is 0. The molecule has 0 bridgehead atoms. The predicted molar refractivity (Wildman–Crippen MR) is 70.5 cm³/mol. The van der Waals surface area contributed by atoms with Gasteiger partial charge < -0.3 is 5.32 Å². The van der Waals surface area contributed by atoms with Crippen molar-refractivity contribution in [1.29, 1.82) is 0 Å². The fraction of sp³-hybridized carbons (Fsp3) is 0.538. The number of rotatable bonds is 5. The molecule has 0 heterocycles. The summed E-state index contributed by atoms with van der Waals surface area (Å²) in [5.41, 5.74) is 2.26. The van der Waals surface area contributed by atoms with E-state index in [0.717, 1.165) is 29.4 Å². The molecule has 0 aliphatic rings. The molecule has 0 aromatic heterocycles. The third-order valence-electron chi connectivity index (χ3n) is 2.78. The van der Waals surface area contributed by atoms with Gasteiger partial charge in [-0.1, -0.05) is 22.0 Å². The van der Waals surface area contributed by atoms with Gasteiger partial charge in [0.25, 0.3) is 0 Å². The van der Waals surface area contributed by atoms with Crippen LogP contribution in [0.5, 0.6) is 0 Å². The lowest BCUT2D eigenvalue weighted by Gasteiger charge is -2.26. The van der Waals surface area contributed by atoms with Crippen LogP contribution in [0, 0.1) is 12.7 Å². The zero-order chi connectivity index (χ0) is 12.2. The smallest absolute Gasteiger partial charge is 0.123 e. The van der Waals surface area contributed by atoms with Crippen molar-refractivity contribution in [2.24, 2.45) is 0 Å². The maximum absolute atomic E-state index is 12.9. The van der Waals surface area contributed by atoms with Crippen LogP contribution in [0.3, 0.4) is 0 Å². The van der Waals surface area contributed by atoms with Gasteiger partial charge in [-0.25, -0.2) is 4.39 Å². The molecule has 0 fully saturated rings. The summed E-state index contributed by atoms with van der Waals surface area (Å²) < 4.78 is 12.9. The van der Waals surface area contributed by atoms with Gasteiger partial charge in [0.1, 0.15) is 5.82 Å². The minimum atomic E-state index is -0.166. The number of hydrogen-bond acceptors (Lipinski definition) is 1. The Labute approximate surface area is 106 Å². The monoisotopic (exact) mass is 287 g/mol. The molecule has 1 nitrogen and oxygen atoms in total. The van der Waals surface area contributed by atoms with Gasteiger partial charge in [-0.15, -0.1) is 0 Å². The summed E-state index contributed by atoms with van der Waals surface area (Å²) in [6, 6.07) is 4.94. The quantitative estimate of drug-likeness (QED) is 0.813. The van der Waals surface area contributed by atoms with Crippen molar-refractivity contribution in [3.63, 3.8) is 0 Å². The highest BCUT2D eigenvalue weighted by atomic mass is 79.9. The molecular formula is C13H19BrFN. The van der Waals surface area contributed by atoms with Crippen LogP contribution in [0.2, 0.25) is 0 Å². The van der Waals surface area contributed by atoms with E-state index in [1.54, 1.807) is 6.07 Å². The lowest BCUT2D eigenvalue weighted by molar-refractivity contribution is 0.377. The number of alkyl halides is 1. The number of hydrogen-bond donors (Lipinski definition) is 1. The Kier molecular flexibility index (Phi) is 4.93. The third kappa shape index (κ3) is 4.22. The molecule has 1 aromatic carbocycles. The van der Waals surface area contributed by atoms with Gasteiger partial charge in [0, 0.05) is 17.4 Å². The van der Waals surface area contributed by atoms with E-state index in [2.05, 4.69) is 35.1 Å². The Morgan fingerprint density at radius 3 is 2.62 bits per heavy atom. The van der Waals surface area contributed by atoms with Gasteiger partial charge in [-0.3, -0.25) is 0 Å². The fourth-order valence-electron chi connectivity index (χ4n) is 1.52. The highest BCUT2D eigenvalue weighted by Gasteiger charge is 2.15. The molecule has 0 spiro atoms. The molecule has 0 saturated heterocycles. The highest BCUT2D eigenvalue weighted by Crippen LogP contribution is 2.14. The zero-order valence-electron chi connectivity index (χ0n) is 10.1. The summed E-state index contributed by atoms with van der Waals surface area (Å²) in [5, 5.41) is 4.47. The minimum Gasteiger partial charge on any atom is -0.308 e. The van der Waals surface area contributed by atoms with Gasteiger partial charge in [0.05, 0.1) is 0 Å². The molecule has 0 aliphatic heterocycles. The Morgan fingerprint density at radius 1 is 1.38 bits per heavy atom. The molecule has 1 N–H and O–H groups in total. The van der Waals surface area contributed by atoms with E-state index in [-0.39, 0.29) is 11.4 Å². The largest absolute Gasteiger partial charge is 0.308 e. The second-order valence-corrected chi connectivity index (χ2v) is 5.54. The molecule has 0 amide bonds. The normalized spacial score (nSPS) is 11.8. The minimum absolute atomic E-state index is 0.102. The highest BCUT2D eigenvalue weighted by molar-refractivity contribution is 9.09. The molecule has 1 rings (SSSR count). The second-order valence-electron chi connectivity index (χ2n) is 4.75. The fourth-order valence-corrected chi connectivity index (χ4v) is 2.51. The van der Waals surface area contributed by atoms with E-state index >= 15 is 0 Å². The van der Waals surface area contributed by atoms with Crippen LogP contribution in [0.15, 0.2) is 18.2 Å². The number of aryl methyl sites for hydroxylation is 1. The summed E-state index contributed by atoms with van der Waals surface area (Å²) in [6.45, 7) is 7.07. The standard InChI is InChI=1S/C13H19BrFN/c1-10-8-12(15)5-4-11(10)9-16-13(2,3)6-7-14/h4-5,8,16H,6-7,9H2,1-3H3. The SMILES string of the molecule is Cc1cc(F)ccc1CNC(C)(C)CCBr. The molecule has 0 unspecified atom stereocenters. The van der Waals surface area contributed by atoms with E-state index in [4.69, 9.17) is 0 Å². The van der Waals surface area contributed by atoms with Crippen molar-refractivity contribution in [3.8, 4) is 0 Å². The Bertz CT molecular complexity index is 350. The van der Waals surface area contributed by atoms with Gasteiger partial charge in [0.15, 0.2) is 0 Å². The van der Waals surface area contributed by atoms with E-state index in [1.807, 2.05) is 13.0 Å². The molecule has 0 aliphatic carbocycles. The van der Waals surface area contributed by atoms with Crippen molar-refractivity contribution >= 4 is 15.9 Å². The van der Waals surface area contributed by atoms with Gasteiger partial charge in [0.2, 0.25) is 0 Å². The van der Waals surface area contributed by atoms with Crippen molar-refractivity contribution < 1.29 is 4.39 Å². The Balaban J connectivity index is 2.61. The topological polar surface area (TPSA) is 12.0 Å². The van der Waals surface area contributed by atoms with Gasteiger partial charge >= 0.3 is 0 Å². The predicted octanol–water partition coefficient (Wildman–Crippen LogP) is 3.79. The molecule has 1 aromatic rings. The van der Waals surface area contributed by atoms with Crippen molar-refractivity contribution in [2.75, 3.05) is 5.33 Å². The molecule has 90 valence electrons. The van der Waals surface area contributed by atoms with Gasteiger partial charge in [-0.05, 0) is 50.5 Å². The Morgan fingerprint density at radius 2 is 2.06 bits per heavy atom. The molecule has 0 atom stereocenters. The van der Waals surface area contributed by atoms with Crippen molar-refractivity contribution in [3.05, 3.63) is 35.1 Å².